The smallest absolute Gasteiger partial charge is 0.319 e. The summed E-state index contributed by atoms with van der Waals surface area (Å²) in [5.41, 5.74) is -0.192. The summed E-state index contributed by atoms with van der Waals surface area (Å²) in [6.45, 7) is 3.16. The van der Waals surface area contributed by atoms with Crippen molar-refractivity contribution < 1.29 is 22.7 Å². The van der Waals surface area contributed by atoms with Crippen LogP contribution in [0.2, 0.25) is 5.02 Å². The summed E-state index contributed by atoms with van der Waals surface area (Å²) in [4.78, 5) is 13.5. The Hall–Kier alpha value is -1.55. The van der Waals surface area contributed by atoms with Crippen LogP contribution in [0.1, 0.15) is 32.6 Å². The first-order chi connectivity index (χ1) is 14.1. The van der Waals surface area contributed by atoms with Crippen molar-refractivity contribution in [3.8, 4) is 5.75 Å². The Morgan fingerprint density at radius 2 is 2.00 bits per heavy atom. The number of rotatable bonds is 5. The number of phenolic OH excluding ortho intramolecular Hbond substituents is 1. The van der Waals surface area contributed by atoms with Crippen LogP contribution in [0.3, 0.4) is 0 Å². The van der Waals surface area contributed by atoms with E-state index in [4.69, 9.17) is 23.2 Å². The fourth-order valence-corrected chi connectivity index (χ4v) is 6.19. The van der Waals surface area contributed by atoms with Gasteiger partial charge in [0.1, 0.15) is 4.90 Å². The van der Waals surface area contributed by atoms with E-state index in [0.717, 1.165) is 6.42 Å². The zero-order chi connectivity index (χ0) is 22.1. The average molecular weight is 480 g/mol. The number of allylic oxidation sites excluding steroid dienone is 1. The summed E-state index contributed by atoms with van der Waals surface area (Å²) in [6.07, 6.45) is 2.69. The Bertz CT molecular complexity index is 963. The minimum absolute atomic E-state index is 0.192. The summed E-state index contributed by atoms with van der Waals surface area (Å²) < 4.78 is 41.7. The summed E-state index contributed by atoms with van der Waals surface area (Å²) in [5, 5.41) is 13.3. The number of hydrogen-bond acceptors (Lipinski definition) is 5. The number of sulfone groups is 1. The third-order valence-electron chi connectivity index (χ3n) is 5.56. The summed E-state index contributed by atoms with van der Waals surface area (Å²) in [5.74, 6) is -0.791. The number of alkyl halides is 1. The van der Waals surface area contributed by atoms with E-state index >= 15 is 4.39 Å². The van der Waals surface area contributed by atoms with Gasteiger partial charge in [-0.1, -0.05) is 36.2 Å². The van der Waals surface area contributed by atoms with E-state index in [0.29, 0.717) is 18.0 Å². The number of benzene rings is 1. The van der Waals surface area contributed by atoms with Gasteiger partial charge in [0.2, 0.25) is 14.8 Å². The molecule has 11 heteroatoms. The lowest BCUT2D eigenvalue weighted by atomic mass is 10.1. The van der Waals surface area contributed by atoms with Gasteiger partial charge < -0.3 is 20.6 Å². The van der Waals surface area contributed by atoms with Gasteiger partial charge in [0.05, 0.1) is 16.8 Å². The third kappa shape index (κ3) is 4.39. The molecule has 166 valence electrons. The fourth-order valence-electron chi connectivity index (χ4n) is 3.68. The molecule has 3 N–H and O–H groups in total. The predicted molar refractivity (Wildman–Crippen MR) is 115 cm³/mol. The second kappa shape index (κ2) is 8.90. The van der Waals surface area contributed by atoms with E-state index in [-0.39, 0.29) is 42.7 Å². The predicted octanol–water partition coefficient (Wildman–Crippen LogP) is 4.01. The normalized spacial score (nSPS) is 21.9. The van der Waals surface area contributed by atoms with Crippen LogP contribution < -0.4 is 10.6 Å². The zero-order valence-electron chi connectivity index (χ0n) is 16.4. The highest BCUT2D eigenvalue weighted by Gasteiger charge is 2.49. The van der Waals surface area contributed by atoms with Crippen LogP contribution in [0.5, 0.6) is 5.75 Å². The Morgan fingerprint density at radius 1 is 1.33 bits per heavy atom. The number of aromatic hydroxyl groups is 1. The fraction of sp³-hybridized carbons (Fsp3) is 0.526. The maximum absolute atomic E-state index is 15.5. The first-order valence-corrected chi connectivity index (χ1v) is 11.9. The monoisotopic (exact) mass is 479 g/mol. The molecule has 1 aliphatic carbocycles. The van der Waals surface area contributed by atoms with Gasteiger partial charge in [-0.2, -0.15) is 0 Å². The van der Waals surface area contributed by atoms with E-state index in [1.54, 1.807) is 6.08 Å². The molecule has 1 aliphatic heterocycles. The molecule has 1 saturated heterocycles. The zero-order valence-corrected chi connectivity index (χ0v) is 18.7. The number of anilines is 1. The Morgan fingerprint density at radius 3 is 2.57 bits per heavy atom. The van der Waals surface area contributed by atoms with Crippen molar-refractivity contribution >= 4 is 44.8 Å². The molecule has 1 heterocycles. The molecule has 1 fully saturated rings. The molecule has 7 nitrogen and oxygen atoms in total. The standard InChI is InChI=1S/C19H24Cl2FN3O4S/c1-2-25-10-8-19(22,9-11-25)30(28,29)17-13(21)6-7-15(16(17)26)24-18(27)23-14-5-3-4-12(14)20/h4,6-7,14,26H,2-3,5,8-11H2,1H3,(H2,23,24,27). The minimum Gasteiger partial charge on any atom is -0.504 e. The third-order valence-corrected chi connectivity index (χ3v) is 8.73. The molecule has 0 bridgehead atoms. The summed E-state index contributed by atoms with van der Waals surface area (Å²) in [7, 11) is -4.62. The molecule has 30 heavy (non-hydrogen) atoms. The van der Waals surface area contributed by atoms with Crippen molar-refractivity contribution in [3.63, 3.8) is 0 Å². The number of phenols is 1. The van der Waals surface area contributed by atoms with E-state index in [9.17, 15) is 18.3 Å². The minimum atomic E-state index is -4.62. The molecular formula is C19H24Cl2FN3O4S. The first kappa shape index (κ1) is 23.1. The largest absolute Gasteiger partial charge is 0.504 e. The van der Waals surface area contributed by atoms with Crippen LogP contribution in [0.4, 0.5) is 14.9 Å². The van der Waals surface area contributed by atoms with Crippen LogP contribution in [0, 0.1) is 0 Å². The van der Waals surface area contributed by atoms with Crippen LogP contribution in [-0.2, 0) is 9.84 Å². The molecule has 2 aliphatic rings. The van der Waals surface area contributed by atoms with Crippen molar-refractivity contribution in [1.82, 2.24) is 10.2 Å². The Balaban J connectivity index is 1.85. The number of nitrogens with one attached hydrogen (secondary N) is 2. The molecule has 0 aromatic heterocycles. The molecule has 1 aromatic carbocycles. The molecule has 1 unspecified atom stereocenters. The van der Waals surface area contributed by atoms with Gasteiger partial charge in [-0.25, -0.2) is 17.6 Å². The maximum Gasteiger partial charge on any atom is 0.319 e. The van der Waals surface area contributed by atoms with E-state index in [2.05, 4.69) is 10.6 Å². The molecule has 1 atom stereocenters. The lowest BCUT2D eigenvalue weighted by molar-refractivity contribution is 0.124. The Kier molecular flexibility index (Phi) is 6.86. The quantitative estimate of drug-likeness (QED) is 0.554. The van der Waals surface area contributed by atoms with E-state index in [1.807, 2.05) is 11.8 Å². The number of amides is 2. The van der Waals surface area contributed by atoms with Crippen LogP contribution in [0.25, 0.3) is 0 Å². The number of carbonyl (C=O) groups is 1. The van der Waals surface area contributed by atoms with Crippen LogP contribution >= 0.6 is 23.2 Å². The second-order valence-electron chi connectivity index (χ2n) is 7.41. The van der Waals surface area contributed by atoms with Gasteiger partial charge in [0.25, 0.3) is 0 Å². The molecule has 0 saturated carbocycles. The van der Waals surface area contributed by atoms with Gasteiger partial charge >= 0.3 is 6.03 Å². The van der Waals surface area contributed by atoms with Crippen molar-refractivity contribution in [2.45, 2.75) is 48.5 Å². The highest BCUT2D eigenvalue weighted by molar-refractivity contribution is 7.92. The average Bonchev–Trinajstić information content (AvgIpc) is 3.09. The maximum atomic E-state index is 15.5. The molecule has 0 spiro atoms. The highest BCUT2D eigenvalue weighted by Crippen LogP contribution is 2.45. The van der Waals surface area contributed by atoms with Gasteiger partial charge in [0, 0.05) is 31.0 Å². The summed E-state index contributed by atoms with van der Waals surface area (Å²) >= 11 is 12.1. The lowest BCUT2D eigenvalue weighted by Crippen LogP contribution is -2.46. The number of carbonyl (C=O) groups excluding carboxylic acids is 1. The van der Waals surface area contributed by atoms with Gasteiger partial charge in [-0.15, -0.1) is 0 Å². The van der Waals surface area contributed by atoms with E-state index < -0.39 is 31.5 Å². The number of nitrogens with zero attached hydrogens (tertiary/aromatic N) is 1. The molecule has 1 aromatic rings. The SMILES string of the molecule is CCN1CCC(F)(S(=O)(=O)c2c(Cl)ccc(NC(=O)NC3CCC=C3Cl)c2O)CC1. The van der Waals surface area contributed by atoms with Crippen molar-refractivity contribution in [1.29, 1.82) is 0 Å². The lowest BCUT2D eigenvalue weighted by Gasteiger charge is -2.35. The Labute approximate surface area is 185 Å². The van der Waals surface area contributed by atoms with E-state index in [1.165, 1.54) is 12.1 Å². The van der Waals surface area contributed by atoms with Gasteiger partial charge in [-0.05, 0) is 31.5 Å². The van der Waals surface area contributed by atoms with Crippen molar-refractivity contribution in [2.24, 2.45) is 0 Å². The molecule has 2 amide bonds. The van der Waals surface area contributed by atoms with Crippen LogP contribution in [0.15, 0.2) is 28.1 Å². The van der Waals surface area contributed by atoms with Gasteiger partial charge in [0.15, 0.2) is 5.75 Å². The molecule has 3 rings (SSSR count). The highest BCUT2D eigenvalue weighted by atomic mass is 35.5. The summed E-state index contributed by atoms with van der Waals surface area (Å²) in [6, 6.07) is 1.42. The number of urea groups is 1. The molecular weight excluding hydrogens is 456 g/mol. The second-order valence-corrected chi connectivity index (χ2v) is 10.4. The molecule has 0 radical (unpaired) electrons. The number of likely N-dealkylation sites (tertiary alicyclic amines) is 1. The van der Waals surface area contributed by atoms with Gasteiger partial charge in [-0.3, -0.25) is 0 Å². The number of hydrogen-bond donors (Lipinski definition) is 3. The van der Waals surface area contributed by atoms with Crippen molar-refractivity contribution in [2.75, 3.05) is 25.0 Å². The topological polar surface area (TPSA) is 98.7 Å². The first-order valence-electron chi connectivity index (χ1n) is 9.69. The van der Waals surface area contributed by atoms with Crippen molar-refractivity contribution in [3.05, 3.63) is 28.3 Å². The number of halogens is 3. The number of piperidine rings is 1. The van der Waals surface area contributed by atoms with Crippen LogP contribution in [-0.4, -0.2) is 55.1 Å².